The highest BCUT2D eigenvalue weighted by molar-refractivity contribution is 5.77. The first-order valence-electron chi connectivity index (χ1n) is 5.43. The summed E-state index contributed by atoms with van der Waals surface area (Å²) in [6.07, 6.45) is 0. The maximum atomic E-state index is 11.4. The van der Waals surface area contributed by atoms with Gasteiger partial charge in [-0.15, -0.1) is 10.2 Å². The van der Waals surface area contributed by atoms with Crippen molar-refractivity contribution in [2.75, 3.05) is 19.6 Å². The number of rotatable bonds is 6. The molecule has 6 nitrogen and oxygen atoms in total. The molecule has 0 aliphatic heterocycles. The number of likely N-dealkylation sites (N-methyl/N-ethyl adjacent to an activating group) is 2. The third-order valence-electron chi connectivity index (χ3n) is 2.12. The highest BCUT2D eigenvalue weighted by Crippen LogP contribution is 2.02. The lowest BCUT2D eigenvalue weighted by molar-refractivity contribution is -0.122. The van der Waals surface area contributed by atoms with Crippen LogP contribution in [0.5, 0.6) is 0 Å². The molecule has 0 unspecified atom stereocenters. The summed E-state index contributed by atoms with van der Waals surface area (Å²) in [5.74, 6) is 1.10. The normalized spacial score (nSPS) is 10.8. The molecular formula is C10H18N4O2. The van der Waals surface area contributed by atoms with Crippen LogP contribution in [0.1, 0.15) is 25.6 Å². The zero-order valence-corrected chi connectivity index (χ0v) is 9.99. The minimum absolute atomic E-state index is 0.0144. The smallest absolute Gasteiger partial charge is 0.234 e. The van der Waals surface area contributed by atoms with Crippen molar-refractivity contribution in [3.8, 4) is 0 Å². The summed E-state index contributed by atoms with van der Waals surface area (Å²) in [5, 5.41) is 10.4. The van der Waals surface area contributed by atoms with Crippen LogP contribution in [-0.4, -0.2) is 40.6 Å². The molecule has 0 aromatic carbocycles. The van der Waals surface area contributed by atoms with E-state index in [9.17, 15) is 4.79 Å². The summed E-state index contributed by atoms with van der Waals surface area (Å²) in [6.45, 7) is 7.91. The van der Waals surface area contributed by atoms with E-state index in [4.69, 9.17) is 4.42 Å². The number of aromatic nitrogens is 2. The molecule has 90 valence electrons. The molecule has 0 saturated carbocycles. The Hall–Kier alpha value is -1.43. The number of hydrogen-bond donors (Lipinski definition) is 1. The molecule has 1 rings (SSSR count). The minimum Gasteiger partial charge on any atom is -0.424 e. The fourth-order valence-electron chi connectivity index (χ4n) is 1.33. The second-order valence-corrected chi connectivity index (χ2v) is 3.47. The Morgan fingerprint density at radius 2 is 2.19 bits per heavy atom. The van der Waals surface area contributed by atoms with Crippen molar-refractivity contribution in [1.29, 1.82) is 0 Å². The molecule has 0 bridgehead atoms. The molecule has 0 spiro atoms. The molecule has 1 aromatic heterocycles. The van der Waals surface area contributed by atoms with E-state index in [1.807, 2.05) is 18.7 Å². The van der Waals surface area contributed by atoms with Gasteiger partial charge in [-0.25, -0.2) is 0 Å². The van der Waals surface area contributed by atoms with E-state index in [0.29, 0.717) is 31.4 Å². The summed E-state index contributed by atoms with van der Waals surface area (Å²) >= 11 is 0. The van der Waals surface area contributed by atoms with Crippen LogP contribution in [-0.2, 0) is 11.3 Å². The molecule has 1 N–H and O–H groups in total. The number of nitrogens with zero attached hydrogens (tertiary/aromatic N) is 3. The van der Waals surface area contributed by atoms with Gasteiger partial charge in [-0.3, -0.25) is 9.69 Å². The molecule has 0 saturated heterocycles. The van der Waals surface area contributed by atoms with Crippen molar-refractivity contribution in [3.63, 3.8) is 0 Å². The van der Waals surface area contributed by atoms with Crippen molar-refractivity contribution in [1.82, 2.24) is 20.4 Å². The van der Waals surface area contributed by atoms with E-state index in [1.165, 1.54) is 0 Å². The minimum atomic E-state index is 0.0144. The third-order valence-corrected chi connectivity index (χ3v) is 2.12. The highest BCUT2D eigenvalue weighted by atomic mass is 16.4. The molecule has 0 aliphatic carbocycles. The molecule has 0 atom stereocenters. The van der Waals surface area contributed by atoms with Gasteiger partial charge in [-0.2, -0.15) is 0 Å². The molecule has 1 heterocycles. The molecule has 0 radical (unpaired) electrons. The Balaban J connectivity index is 2.45. The summed E-state index contributed by atoms with van der Waals surface area (Å²) in [4.78, 5) is 13.3. The number of aryl methyl sites for hydroxylation is 1. The fourth-order valence-corrected chi connectivity index (χ4v) is 1.33. The lowest BCUT2D eigenvalue weighted by Crippen LogP contribution is -2.36. The quantitative estimate of drug-likeness (QED) is 0.757. The van der Waals surface area contributed by atoms with Crippen LogP contribution in [0.25, 0.3) is 0 Å². The Kier molecular flexibility index (Phi) is 4.91. The fraction of sp³-hybridized carbons (Fsp3) is 0.700. The van der Waals surface area contributed by atoms with Gasteiger partial charge in [-0.05, 0) is 13.5 Å². The van der Waals surface area contributed by atoms with Crippen LogP contribution < -0.4 is 5.32 Å². The van der Waals surface area contributed by atoms with Gasteiger partial charge in [0.2, 0.25) is 17.7 Å². The van der Waals surface area contributed by atoms with Gasteiger partial charge in [0, 0.05) is 13.5 Å². The van der Waals surface area contributed by atoms with E-state index >= 15 is 0 Å². The van der Waals surface area contributed by atoms with Gasteiger partial charge in [-0.1, -0.05) is 6.92 Å². The third kappa shape index (κ3) is 3.98. The Bertz CT molecular complexity index is 337. The van der Waals surface area contributed by atoms with Crippen molar-refractivity contribution in [2.45, 2.75) is 27.3 Å². The average Bonchev–Trinajstić information content (AvgIpc) is 2.63. The van der Waals surface area contributed by atoms with Crippen LogP contribution in [0.4, 0.5) is 0 Å². The van der Waals surface area contributed by atoms with Gasteiger partial charge >= 0.3 is 0 Å². The molecule has 1 amide bonds. The summed E-state index contributed by atoms with van der Waals surface area (Å²) in [7, 11) is 0. The predicted molar refractivity (Wildman–Crippen MR) is 58.7 cm³/mol. The van der Waals surface area contributed by atoms with Crippen LogP contribution in [0.3, 0.4) is 0 Å². The summed E-state index contributed by atoms with van der Waals surface area (Å²) in [5.41, 5.74) is 0. The predicted octanol–water partition coefficient (Wildman–Crippen LogP) is 0.336. The molecule has 0 aliphatic rings. The molecular weight excluding hydrogens is 208 g/mol. The second-order valence-electron chi connectivity index (χ2n) is 3.47. The topological polar surface area (TPSA) is 71.3 Å². The maximum Gasteiger partial charge on any atom is 0.234 e. The molecule has 1 aromatic rings. The first-order valence-corrected chi connectivity index (χ1v) is 5.43. The summed E-state index contributed by atoms with van der Waals surface area (Å²) < 4.78 is 5.26. The second kappa shape index (κ2) is 6.22. The van der Waals surface area contributed by atoms with Crippen molar-refractivity contribution in [2.24, 2.45) is 0 Å². The lowest BCUT2D eigenvalue weighted by atomic mass is 10.4. The molecule has 16 heavy (non-hydrogen) atoms. The monoisotopic (exact) mass is 226 g/mol. The van der Waals surface area contributed by atoms with E-state index in [-0.39, 0.29) is 5.91 Å². The SMILES string of the molecule is CCNC(=O)CN(CC)Cc1nnc(C)o1. The van der Waals surface area contributed by atoms with Crippen LogP contribution >= 0.6 is 0 Å². The van der Waals surface area contributed by atoms with Crippen LogP contribution in [0, 0.1) is 6.92 Å². The van der Waals surface area contributed by atoms with E-state index < -0.39 is 0 Å². The first kappa shape index (κ1) is 12.6. The van der Waals surface area contributed by atoms with Crippen molar-refractivity contribution >= 4 is 5.91 Å². The van der Waals surface area contributed by atoms with Crippen molar-refractivity contribution in [3.05, 3.63) is 11.8 Å². The van der Waals surface area contributed by atoms with Gasteiger partial charge in [0.15, 0.2) is 0 Å². The number of amides is 1. The van der Waals surface area contributed by atoms with E-state index in [0.717, 1.165) is 6.54 Å². The van der Waals surface area contributed by atoms with E-state index in [1.54, 1.807) is 6.92 Å². The van der Waals surface area contributed by atoms with Gasteiger partial charge in [0.05, 0.1) is 13.1 Å². The van der Waals surface area contributed by atoms with Gasteiger partial charge in [0.1, 0.15) is 0 Å². The largest absolute Gasteiger partial charge is 0.424 e. The van der Waals surface area contributed by atoms with Gasteiger partial charge in [0.25, 0.3) is 0 Å². The lowest BCUT2D eigenvalue weighted by Gasteiger charge is -2.17. The zero-order valence-electron chi connectivity index (χ0n) is 9.99. The Morgan fingerprint density at radius 3 is 2.69 bits per heavy atom. The number of nitrogens with one attached hydrogen (secondary N) is 1. The standard InChI is InChI=1S/C10H18N4O2/c1-4-11-9(15)6-14(5-2)7-10-13-12-8(3)16-10/h4-7H2,1-3H3,(H,11,15). The number of hydrogen-bond acceptors (Lipinski definition) is 5. The zero-order chi connectivity index (χ0) is 12.0. The van der Waals surface area contributed by atoms with Crippen LogP contribution in [0.15, 0.2) is 4.42 Å². The maximum absolute atomic E-state index is 11.4. The highest BCUT2D eigenvalue weighted by Gasteiger charge is 2.12. The number of carbonyl (C=O) groups excluding carboxylic acids is 1. The number of carbonyl (C=O) groups is 1. The Labute approximate surface area is 95.0 Å². The molecule has 0 fully saturated rings. The van der Waals surface area contributed by atoms with E-state index in [2.05, 4.69) is 15.5 Å². The first-order chi connectivity index (χ1) is 7.65. The Morgan fingerprint density at radius 1 is 1.44 bits per heavy atom. The van der Waals surface area contributed by atoms with Gasteiger partial charge < -0.3 is 9.73 Å². The van der Waals surface area contributed by atoms with Crippen molar-refractivity contribution < 1.29 is 9.21 Å². The molecule has 6 heteroatoms. The van der Waals surface area contributed by atoms with Crippen LogP contribution in [0.2, 0.25) is 0 Å². The average molecular weight is 226 g/mol. The summed E-state index contributed by atoms with van der Waals surface area (Å²) in [6, 6.07) is 0.